The van der Waals surface area contributed by atoms with Crippen molar-refractivity contribution >= 4 is 22.8 Å². The van der Waals surface area contributed by atoms with E-state index in [4.69, 9.17) is 10.2 Å². The van der Waals surface area contributed by atoms with Gasteiger partial charge in [0.05, 0.1) is 6.42 Å². The van der Waals surface area contributed by atoms with E-state index in [-0.39, 0.29) is 25.3 Å². The quantitative estimate of drug-likeness (QED) is 0.636. The third kappa shape index (κ3) is 3.61. The van der Waals surface area contributed by atoms with Crippen LogP contribution in [0.2, 0.25) is 0 Å². The molecule has 0 fully saturated rings. The Morgan fingerprint density at radius 2 is 2.05 bits per heavy atom. The smallest absolute Gasteiger partial charge is 0.332 e. The lowest BCUT2D eigenvalue weighted by molar-refractivity contribution is -0.147. The lowest BCUT2D eigenvalue weighted by Crippen LogP contribution is -2.31. The van der Waals surface area contributed by atoms with Gasteiger partial charge in [-0.05, 0) is 18.6 Å². The van der Waals surface area contributed by atoms with E-state index in [1.54, 1.807) is 0 Å². The third-order valence-electron chi connectivity index (χ3n) is 3.39. The van der Waals surface area contributed by atoms with Crippen LogP contribution in [-0.2, 0) is 16.0 Å². The van der Waals surface area contributed by atoms with E-state index in [9.17, 15) is 9.59 Å². The lowest BCUT2D eigenvalue weighted by Gasteiger charge is -2.07. The molecule has 112 valence electrons. The topological polar surface area (TPSA) is 102 Å². The molecule has 0 aliphatic carbocycles. The Hall–Kier alpha value is -2.34. The van der Waals surface area contributed by atoms with Crippen molar-refractivity contribution in [2.45, 2.75) is 25.9 Å². The molecule has 0 aliphatic heterocycles. The molecule has 1 aromatic carbocycles. The number of carbonyl (C=O) groups is 2. The monoisotopic (exact) mass is 290 g/mol. The molecule has 0 spiro atoms. The van der Waals surface area contributed by atoms with Gasteiger partial charge in [0.1, 0.15) is 0 Å². The van der Waals surface area contributed by atoms with E-state index >= 15 is 0 Å². The van der Waals surface area contributed by atoms with Crippen molar-refractivity contribution in [2.75, 3.05) is 6.54 Å². The number of carboxylic acid groups (broad SMARTS) is 1. The molecule has 1 amide bonds. The number of aryl methyl sites for hydroxylation is 1. The first-order chi connectivity index (χ1) is 9.99. The number of rotatable bonds is 6. The predicted molar refractivity (Wildman–Crippen MR) is 78.0 cm³/mol. The number of hydrogen-bond donors (Lipinski definition) is 4. The van der Waals surface area contributed by atoms with Gasteiger partial charge in [-0.15, -0.1) is 0 Å². The zero-order valence-corrected chi connectivity index (χ0v) is 11.7. The van der Waals surface area contributed by atoms with Crippen LogP contribution >= 0.6 is 0 Å². The van der Waals surface area contributed by atoms with Crippen LogP contribution in [0, 0.1) is 6.92 Å². The number of aliphatic hydroxyl groups excluding tert-OH is 1. The molecule has 2 aromatic rings. The Morgan fingerprint density at radius 1 is 1.33 bits per heavy atom. The molecule has 0 unspecified atom stereocenters. The van der Waals surface area contributed by atoms with Crippen LogP contribution in [0.4, 0.5) is 0 Å². The second kappa shape index (κ2) is 6.41. The number of carboxylic acids is 1. The molecule has 0 saturated heterocycles. The summed E-state index contributed by atoms with van der Waals surface area (Å²) in [4.78, 5) is 25.6. The SMILES string of the molecule is Cc1[nH]c2ccccc2c1CC(=O)NCC[C@H](O)C(=O)O. The molecule has 21 heavy (non-hydrogen) atoms. The van der Waals surface area contributed by atoms with Gasteiger partial charge in [-0.25, -0.2) is 4.79 Å². The van der Waals surface area contributed by atoms with E-state index in [1.807, 2.05) is 31.2 Å². The number of aromatic amines is 1. The Bertz CT molecular complexity index is 663. The summed E-state index contributed by atoms with van der Waals surface area (Å²) in [6.07, 6.45) is -1.23. The van der Waals surface area contributed by atoms with Crippen LogP contribution in [-0.4, -0.2) is 39.7 Å². The lowest BCUT2D eigenvalue weighted by atomic mass is 10.1. The molecule has 0 radical (unpaired) electrons. The van der Waals surface area contributed by atoms with Crippen LogP contribution in [0.25, 0.3) is 10.9 Å². The molecule has 0 bridgehead atoms. The van der Waals surface area contributed by atoms with E-state index in [0.29, 0.717) is 0 Å². The van der Waals surface area contributed by atoms with Gasteiger partial charge in [-0.3, -0.25) is 4.79 Å². The maximum atomic E-state index is 11.9. The highest BCUT2D eigenvalue weighted by atomic mass is 16.4. The van der Waals surface area contributed by atoms with E-state index < -0.39 is 12.1 Å². The number of aliphatic hydroxyl groups is 1. The number of aromatic nitrogens is 1. The maximum absolute atomic E-state index is 11.9. The highest BCUT2D eigenvalue weighted by Gasteiger charge is 2.14. The third-order valence-corrected chi connectivity index (χ3v) is 3.39. The van der Waals surface area contributed by atoms with Gasteiger partial charge in [0.15, 0.2) is 6.10 Å². The molecule has 1 heterocycles. The summed E-state index contributed by atoms with van der Waals surface area (Å²) in [6, 6.07) is 7.75. The van der Waals surface area contributed by atoms with Crippen molar-refractivity contribution in [3.05, 3.63) is 35.5 Å². The average molecular weight is 290 g/mol. The first-order valence-corrected chi connectivity index (χ1v) is 6.72. The van der Waals surface area contributed by atoms with Gasteiger partial charge >= 0.3 is 5.97 Å². The minimum absolute atomic E-state index is 0.00601. The normalized spacial score (nSPS) is 12.3. The van der Waals surface area contributed by atoms with E-state index in [1.165, 1.54) is 0 Å². The summed E-state index contributed by atoms with van der Waals surface area (Å²) >= 11 is 0. The average Bonchev–Trinajstić information content (AvgIpc) is 2.75. The summed E-state index contributed by atoms with van der Waals surface area (Å²) < 4.78 is 0. The van der Waals surface area contributed by atoms with Gasteiger partial charge in [0, 0.05) is 29.6 Å². The number of nitrogens with one attached hydrogen (secondary N) is 2. The summed E-state index contributed by atoms with van der Waals surface area (Å²) in [5, 5.41) is 21.3. The minimum atomic E-state index is -1.44. The summed E-state index contributed by atoms with van der Waals surface area (Å²) in [7, 11) is 0. The molecule has 0 saturated carbocycles. The highest BCUT2D eigenvalue weighted by molar-refractivity contribution is 5.90. The fourth-order valence-electron chi connectivity index (χ4n) is 2.26. The van der Waals surface area contributed by atoms with Gasteiger partial charge in [0.25, 0.3) is 0 Å². The van der Waals surface area contributed by atoms with Crippen molar-refractivity contribution < 1.29 is 19.8 Å². The first kappa shape index (κ1) is 15.1. The van der Waals surface area contributed by atoms with Gasteiger partial charge in [-0.1, -0.05) is 18.2 Å². The van der Waals surface area contributed by atoms with Crippen LogP contribution in [0.5, 0.6) is 0 Å². The van der Waals surface area contributed by atoms with Crippen LogP contribution in [0.3, 0.4) is 0 Å². The van der Waals surface area contributed by atoms with Gasteiger partial charge in [0.2, 0.25) is 5.91 Å². The molecule has 1 aromatic heterocycles. The second-order valence-corrected chi connectivity index (χ2v) is 4.94. The van der Waals surface area contributed by atoms with Crippen LogP contribution < -0.4 is 5.32 Å². The molecule has 6 nitrogen and oxygen atoms in total. The number of fused-ring (bicyclic) bond motifs is 1. The Balaban J connectivity index is 1.96. The van der Waals surface area contributed by atoms with Gasteiger partial charge < -0.3 is 20.5 Å². The number of aliphatic carboxylic acids is 1. The largest absolute Gasteiger partial charge is 0.479 e. The van der Waals surface area contributed by atoms with E-state index in [2.05, 4.69) is 10.3 Å². The predicted octanol–water partition coefficient (Wildman–Crippen LogP) is 0.971. The summed E-state index contributed by atoms with van der Waals surface area (Å²) in [5.74, 6) is -1.47. The fourth-order valence-corrected chi connectivity index (χ4v) is 2.26. The van der Waals surface area contributed by atoms with Crippen molar-refractivity contribution in [1.82, 2.24) is 10.3 Å². The Kier molecular flexibility index (Phi) is 4.59. The number of H-pyrrole nitrogens is 1. The number of carbonyl (C=O) groups excluding carboxylic acids is 1. The summed E-state index contributed by atoms with van der Waals surface area (Å²) in [5.41, 5.74) is 2.86. The molecule has 2 rings (SSSR count). The Labute approximate surface area is 121 Å². The molecule has 4 N–H and O–H groups in total. The molecular weight excluding hydrogens is 272 g/mol. The summed E-state index contributed by atoms with van der Waals surface area (Å²) in [6.45, 7) is 2.05. The standard InChI is InChI=1S/C15H18N2O4/c1-9-11(10-4-2-3-5-12(10)17-9)8-14(19)16-7-6-13(18)15(20)21/h2-5,13,17-18H,6-8H2,1H3,(H,16,19)(H,20,21)/t13-/m0/s1. The van der Waals surface area contributed by atoms with Crippen LogP contribution in [0.15, 0.2) is 24.3 Å². The van der Waals surface area contributed by atoms with Gasteiger partial charge in [-0.2, -0.15) is 0 Å². The molecular formula is C15H18N2O4. The first-order valence-electron chi connectivity index (χ1n) is 6.72. The minimum Gasteiger partial charge on any atom is -0.479 e. The molecule has 0 aliphatic rings. The number of para-hydroxylation sites is 1. The van der Waals surface area contributed by atoms with Crippen molar-refractivity contribution in [1.29, 1.82) is 0 Å². The van der Waals surface area contributed by atoms with Crippen molar-refractivity contribution in [3.8, 4) is 0 Å². The van der Waals surface area contributed by atoms with Crippen molar-refractivity contribution in [2.24, 2.45) is 0 Å². The molecule has 1 atom stereocenters. The fraction of sp³-hybridized carbons (Fsp3) is 0.333. The number of amides is 1. The Morgan fingerprint density at radius 3 is 2.76 bits per heavy atom. The van der Waals surface area contributed by atoms with E-state index in [0.717, 1.165) is 22.2 Å². The highest BCUT2D eigenvalue weighted by Crippen LogP contribution is 2.22. The zero-order valence-electron chi connectivity index (χ0n) is 11.7. The molecule has 6 heteroatoms. The van der Waals surface area contributed by atoms with Crippen molar-refractivity contribution in [3.63, 3.8) is 0 Å². The number of hydrogen-bond acceptors (Lipinski definition) is 3. The number of benzene rings is 1. The second-order valence-electron chi connectivity index (χ2n) is 4.94. The maximum Gasteiger partial charge on any atom is 0.332 e. The zero-order chi connectivity index (χ0) is 15.4. The van der Waals surface area contributed by atoms with Crippen LogP contribution in [0.1, 0.15) is 17.7 Å².